The van der Waals surface area contributed by atoms with Gasteiger partial charge in [-0.15, -0.1) is 0 Å². The Kier molecular flexibility index (Phi) is 3.72. The lowest BCUT2D eigenvalue weighted by Crippen LogP contribution is -2.38. The van der Waals surface area contributed by atoms with E-state index in [1.165, 1.54) is 12.8 Å². The summed E-state index contributed by atoms with van der Waals surface area (Å²) in [6.07, 6.45) is 4.46. The van der Waals surface area contributed by atoms with Crippen LogP contribution < -0.4 is 5.32 Å². The average Bonchev–Trinajstić information content (AvgIpc) is 2.16. The molecule has 0 aromatic heterocycles. The fourth-order valence-electron chi connectivity index (χ4n) is 2.04. The van der Waals surface area contributed by atoms with Gasteiger partial charge in [-0.2, -0.15) is 0 Å². The molecule has 2 atom stereocenters. The third kappa shape index (κ3) is 2.69. The first-order valence-corrected chi connectivity index (χ1v) is 5.03. The van der Waals surface area contributed by atoms with E-state index in [2.05, 4.69) is 5.32 Å². The Bertz CT molecular complexity index is 180. The summed E-state index contributed by atoms with van der Waals surface area (Å²) in [5.74, 6) is 0.543. The summed E-state index contributed by atoms with van der Waals surface area (Å²) in [6.45, 7) is 0. The molecule has 0 aromatic rings. The van der Waals surface area contributed by atoms with Gasteiger partial charge in [0.15, 0.2) is 0 Å². The zero-order valence-corrected chi connectivity index (χ0v) is 8.84. The van der Waals surface area contributed by atoms with Crippen molar-refractivity contribution in [1.82, 2.24) is 10.2 Å². The topological polar surface area (TPSA) is 32.3 Å². The van der Waals surface area contributed by atoms with Crippen molar-refractivity contribution in [2.75, 3.05) is 21.1 Å². The highest BCUT2D eigenvalue weighted by Gasteiger charge is 2.27. The minimum Gasteiger partial charge on any atom is -0.349 e. The quantitative estimate of drug-likeness (QED) is 0.690. The highest BCUT2D eigenvalue weighted by molar-refractivity contribution is 5.78. The largest absolute Gasteiger partial charge is 0.349 e. The Labute approximate surface area is 80.5 Å². The lowest BCUT2D eigenvalue weighted by molar-refractivity contribution is -0.134. The predicted molar refractivity (Wildman–Crippen MR) is 53.5 cm³/mol. The Morgan fingerprint density at radius 3 is 2.62 bits per heavy atom. The highest BCUT2D eigenvalue weighted by atomic mass is 16.2. The summed E-state index contributed by atoms with van der Waals surface area (Å²) in [5, 5.41) is 3.26. The standard InChI is InChI=1S/C10H20N2O/c1-11-9-6-4-5-8(7-9)10(13)12(2)3/h8-9,11H,4-7H2,1-3H3/t8-,9+/m0/s1. The van der Waals surface area contributed by atoms with E-state index in [0.717, 1.165) is 12.8 Å². The molecule has 1 rings (SSSR count). The van der Waals surface area contributed by atoms with Crippen molar-refractivity contribution in [3.63, 3.8) is 0 Å². The fourth-order valence-corrected chi connectivity index (χ4v) is 2.04. The molecule has 0 radical (unpaired) electrons. The Balaban J connectivity index is 2.46. The van der Waals surface area contributed by atoms with Crippen LogP contribution >= 0.6 is 0 Å². The van der Waals surface area contributed by atoms with Crippen LogP contribution in [0.3, 0.4) is 0 Å². The van der Waals surface area contributed by atoms with Gasteiger partial charge >= 0.3 is 0 Å². The smallest absolute Gasteiger partial charge is 0.225 e. The van der Waals surface area contributed by atoms with Crippen molar-refractivity contribution in [3.8, 4) is 0 Å². The number of rotatable bonds is 2. The number of amides is 1. The highest BCUT2D eigenvalue weighted by Crippen LogP contribution is 2.25. The van der Waals surface area contributed by atoms with Gasteiger partial charge in [-0.1, -0.05) is 6.42 Å². The molecule has 0 saturated heterocycles. The van der Waals surface area contributed by atoms with Crippen LogP contribution in [0.15, 0.2) is 0 Å². The molecule has 0 heterocycles. The van der Waals surface area contributed by atoms with Crippen LogP contribution in [-0.4, -0.2) is 38.0 Å². The minimum atomic E-state index is 0.251. The van der Waals surface area contributed by atoms with Crippen LogP contribution in [0.4, 0.5) is 0 Å². The van der Waals surface area contributed by atoms with E-state index in [1.54, 1.807) is 4.90 Å². The predicted octanol–water partition coefficient (Wildman–Crippen LogP) is 0.853. The van der Waals surface area contributed by atoms with Gasteiger partial charge in [-0.05, 0) is 26.3 Å². The van der Waals surface area contributed by atoms with Gasteiger partial charge in [0.2, 0.25) is 5.91 Å². The molecule has 0 spiro atoms. The van der Waals surface area contributed by atoms with Gasteiger partial charge in [-0.3, -0.25) is 4.79 Å². The van der Waals surface area contributed by atoms with E-state index in [9.17, 15) is 4.79 Å². The van der Waals surface area contributed by atoms with Crippen LogP contribution in [0.5, 0.6) is 0 Å². The molecule has 0 unspecified atom stereocenters. The molecule has 1 aliphatic rings. The maximum atomic E-state index is 11.7. The van der Waals surface area contributed by atoms with Crippen molar-refractivity contribution in [2.24, 2.45) is 5.92 Å². The molecule has 1 aliphatic carbocycles. The van der Waals surface area contributed by atoms with Crippen molar-refractivity contribution in [3.05, 3.63) is 0 Å². The Hall–Kier alpha value is -0.570. The van der Waals surface area contributed by atoms with Gasteiger partial charge in [0.1, 0.15) is 0 Å². The fraction of sp³-hybridized carbons (Fsp3) is 0.900. The molecule has 1 N–H and O–H groups in total. The molecule has 1 fully saturated rings. The van der Waals surface area contributed by atoms with Crippen LogP contribution in [0.25, 0.3) is 0 Å². The monoisotopic (exact) mass is 184 g/mol. The third-order valence-electron chi connectivity index (χ3n) is 2.87. The molecule has 13 heavy (non-hydrogen) atoms. The van der Waals surface area contributed by atoms with E-state index in [0.29, 0.717) is 11.9 Å². The summed E-state index contributed by atoms with van der Waals surface area (Å²) < 4.78 is 0. The molecule has 1 amide bonds. The molecule has 3 nitrogen and oxygen atoms in total. The molecule has 0 aliphatic heterocycles. The second-order valence-electron chi connectivity index (χ2n) is 4.08. The molecule has 0 bridgehead atoms. The zero-order chi connectivity index (χ0) is 9.84. The average molecular weight is 184 g/mol. The molecule has 1 saturated carbocycles. The van der Waals surface area contributed by atoms with Gasteiger partial charge in [-0.25, -0.2) is 0 Å². The number of carbonyl (C=O) groups is 1. The first kappa shape index (κ1) is 10.5. The number of nitrogens with one attached hydrogen (secondary N) is 1. The van der Waals surface area contributed by atoms with Crippen LogP contribution in [0.2, 0.25) is 0 Å². The van der Waals surface area contributed by atoms with E-state index in [-0.39, 0.29) is 5.92 Å². The number of hydrogen-bond acceptors (Lipinski definition) is 2. The molecule has 3 heteroatoms. The third-order valence-corrected chi connectivity index (χ3v) is 2.87. The van der Waals surface area contributed by atoms with Gasteiger partial charge in [0.05, 0.1) is 0 Å². The molecular weight excluding hydrogens is 164 g/mol. The van der Waals surface area contributed by atoms with Crippen LogP contribution in [-0.2, 0) is 4.79 Å². The number of nitrogens with zero attached hydrogens (tertiary/aromatic N) is 1. The van der Waals surface area contributed by atoms with Gasteiger partial charge in [0, 0.05) is 26.1 Å². The number of carbonyl (C=O) groups excluding carboxylic acids is 1. The van der Waals surface area contributed by atoms with E-state index in [4.69, 9.17) is 0 Å². The van der Waals surface area contributed by atoms with E-state index in [1.807, 2.05) is 21.1 Å². The normalized spacial score (nSPS) is 28.5. The Morgan fingerprint density at radius 2 is 2.08 bits per heavy atom. The summed E-state index contributed by atoms with van der Waals surface area (Å²) >= 11 is 0. The molecule has 0 aromatic carbocycles. The lowest BCUT2D eigenvalue weighted by atomic mass is 9.85. The first-order chi connectivity index (χ1) is 6.15. The van der Waals surface area contributed by atoms with E-state index >= 15 is 0 Å². The van der Waals surface area contributed by atoms with E-state index < -0.39 is 0 Å². The van der Waals surface area contributed by atoms with Crippen molar-refractivity contribution in [1.29, 1.82) is 0 Å². The van der Waals surface area contributed by atoms with Crippen LogP contribution in [0.1, 0.15) is 25.7 Å². The van der Waals surface area contributed by atoms with Crippen molar-refractivity contribution >= 4 is 5.91 Å². The minimum absolute atomic E-state index is 0.251. The molecule has 76 valence electrons. The van der Waals surface area contributed by atoms with Crippen molar-refractivity contribution in [2.45, 2.75) is 31.7 Å². The Morgan fingerprint density at radius 1 is 1.38 bits per heavy atom. The maximum absolute atomic E-state index is 11.7. The second-order valence-corrected chi connectivity index (χ2v) is 4.08. The van der Waals surface area contributed by atoms with Gasteiger partial charge < -0.3 is 10.2 Å². The number of hydrogen-bond donors (Lipinski definition) is 1. The summed E-state index contributed by atoms with van der Waals surface area (Å²) in [5.41, 5.74) is 0. The SMILES string of the molecule is CN[C@@H]1CCC[C@H](C(=O)N(C)C)C1. The van der Waals surface area contributed by atoms with Gasteiger partial charge in [0.25, 0.3) is 0 Å². The molecular formula is C10H20N2O. The lowest BCUT2D eigenvalue weighted by Gasteiger charge is -2.29. The summed E-state index contributed by atoms with van der Waals surface area (Å²) in [4.78, 5) is 13.4. The second kappa shape index (κ2) is 4.61. The zero-order valence-electron chi connectivity index (χ0n) is 8.84. The van der Waals surface area contributed by atoms with Crippen LogP contribution in [0, 0.1) is 5.92 Å². The maximum Gasteiger partial charge on any atom is 0.225 e. The summed E-state index contributed by atoms with van der Waals surface area (Å²) in [6, 6.07) is 0.544. The van der Waals surface area contributed by atoms with Crippen molar-refractivity contribution < 1.29 is 4.79 Å². The first-order valence-electron chi connectivity index (χ1n) is 5.03. The summed E-state index contributed by atoms with van der Waals surface area (Å²) in [7, 11) is 5.66.